The summed E-state index contributed by atoms with van der Waals surface area (Å²) in [5, 5.41) is 16.5. The topological polar surface area (TPSA) is 108 Å². The smallest absolute Gasteiger partial charge is 0.250 e. The SMILES string of the molecule is COCCN1C(=O)[C@@H]2[C@H]([C@@H](C)O)N[C@@]3(C(=O)Nc4c(Cl)cccc43)[C@@H]2C1=O. The number of fused-ring (bicyclic) bond motifs is 4. The lowest BCUT2D eigenvalue weighted by Gasteiger charge is -2.30. The third-order valence-electron chi connectivity index (χ3n) is 5.76. The quantitative estimate of drug-likeness (QED) is 0.626. The lowest BCUT2D eigenvalue weighted by atomic mass is 9.76. The summed E-state index contributed by atoms with van der Waals surface area (Å²) in [5.74, 6) is -3.09. The molecule has 0 bridgehead atoms. The van der Waals surface area contributed by atoms with Gasteiger partial charge in [0.2, 0.25) is 17.7 Å². The summed E-state index contributed by atoms with van der Waals surface area (Å²) in [6.45, 7) is 1.84. The van der Waals surface area contributed by atoms with Crippen LogP contribution in [0.3, 0.4) is 0 Å². The molecule has 2 fully saturated rings. The first-order chi connectivity index (χ1) is 12.8. The Morgan fingerprint density at radius 2 is 2.07 bits per heavy atom. The fourth-order valence-corrected chi connectivity index (χ4v) is 4.82. The highest BCUT2D eigenvalue weighted by Gasteiger charge is 2.71. The highest BCUT2D eigenvalue weighted by atomic mass is 35.5. The molecule has 3 heterocycles. The second-order valence-electron chi connectivity index (χ2n) is 7.16. The fourth-order valence-electron chi connectivity index (χ4n) is 4.60. The minimum absolute atomic E-state index is 0.105. The van der Waals surface area contributed by atoms with Gasteiger partial charge in [-0.1, -0.05) is 23.7 Å². The van der Waals surface area contributed by atoms with Crippen LogP contribution in [-0.2, 0) is 24.7 Å². The summed E-state index contributed by atoms with van der Waals surface area (Å²) in [6.07, 6.45) is -0.938. The average molecular weight is 394 g/mol. The van der Waals surface area contributed by atoms with Crippen LogP contribution in [0.2, 0.25) is 5.02 Å². The lowest BCUT2D eigenvalue weighted by molar-refractivity contribution is -0.143. The van der Waals surface area contributed by atoms with E-state index in [1.807, 2.05) is 0 Å². The molecule has 0 unspecified atom stereocenters. The van der Waals surface area contributed by atoms with Gasteiger partial charge in [-0.05, 0) is 13.0 Å². The number of aliphatic hydroxyl groups is 1. The van der Waals surface area contributed by atoms with E-state index in [2.05, 4.69) is 10.6 Å². The van der Waals surface area contributed by atoms with Crippen molar-refractivity contribution in [3.63, 3.8) is 0 Å². The first kappa shape index (κ1) is 18.4. The van der Waals surface area contributed by atoms with Crippen molar-refractivity contribution in [3.05, 3.63) is 28.8 Å². The Morgan fingerprint density at radius 1 is 1.33 bits per heavy atom. The summed E-state index contributed by atoms with van der Waals surface area (Å²) in [6, 6.07) is 4.31. The van der Waals surface area contributed by atoms with Crippen LogP contribution in [-0.4, -0.2) is 60.1 Å². The molecule has 0 aliphatic carbocycles. The van der Waals surface area contributed by atoms with Gasteiger partial charge < -0.3 is 15.2 Å². The number of aliphatic hydroxyl groups excluding tert-OH is 1. The van der Waals surface area contributed by atoms with Crippen molar-refractivity contribution in [2.75, 3.05) is 25.6 Å². The van der Waals surface area contributed by atoms with Gasteiger partial charge in [0, 0.05) is 18.7 Å². The van der Waals surface area contributed by atoms with Crippen molar-refractivity contribution in [3.8, 4) is 0 Å². The number of para-hydroxylation sites is 1. The zero-order valence-corrected chi connectivity index (χ0v) is 15.6. The van der Waals surface area contributed by atoms with Crippen molar-refractivity contribution in [2.45, 2.75) is 24.6 Å². The molecule has 144 valence electrons. The van der Waals surface area contributed by atoms with Crippen LogP contribution in [0.15, 0.2) is 18.2 Å². The maximum atomic E-state index is 13.2. The maximum absolute atomic E-state index is 13.2. The molecule has 27 heavy (non-hydrogen) atoms. The lowest BCUT2D eigenvalue weighted by Crippen LogP contribution is -2.55. The van der Waals surface area contributed by atoms with Crippen molar-refractivity contribution in [2.24, 2.45) is 11.8 Å². The molecule has 3 aliphatic rings. The number of nitrogens with one attached hydrogen (secondary N) is 2. The molecule has 0 radical (unpaired) electrons. The molecule has 8 nitrogen and oxygen atoms in total. The van der Waals surface area contributed by atoms with E-state index >= 15 is 0 Å². The van der Waals surface area contributed by atoms with Gasteiger partial charge in [-0.3, -0.25) is 24.6 Å². The fraction of sp³-hybridized carbons (Fsp3) is 0.500. The molecule has 9 heteroatoms. The van der Waals surface area contributed by atoms with Crippen LogP contribution in [0.1, 0.15) is 12.5 Å². The second-order valence-corrected chi connectivity index (χ2v) is 7.57. The Morgan fingerprint density at radius 3 is 2.74 bits per heavy atom. The minimum Gasteiger partial charge on any atom is -0.392 e. The van der Waals surface area contributed by atoms with E-state index in [-0.39, 0.29) is 13.2 Å². The van der Waals surface area contributed by atoms with Gasteiger partial charge in [0.25, 0.3) is 0 Å². The van der Waals surface area contributed by atoms with Crippen LogP contribution in [0, 0.1) is 11.8 Å². The number of ether oxygens (including phenoxy) is 1. The van der Waals surface area contributed by atoms with E-state index in [0.29, 0.717) is 16.3 Å². The number of halogens is 1. The van der Waals surface area contributed by atoms with E-state index in [0.717, 1.165) is 4.90 Å². The first-order valence-corrected chi connectivity index (χ1v) is 9.12. The van der Waals surface area contributed by atoms with Crippen LogP contribution in [0.4, 0.5) is 5.69 Å². The third kappa shape index (κ3) is 2.30. The Hall–Kier alpha value is -2.00. The van der Waals surface area contributed by atoms with Crippen molar-refractivity contribution >= 4 is 35.0 Å². The van der Waals surface area contributed by atoms with Crippen molar-refractivity contribution in [1.82, 2.24) is 10.2 Å². The van der Waals surface area contributed by atoms with Crippen molar-refractivity contribution in [1.29, 1.82) is 0 Å². The molecule has 0 aromatic heterocycles. The largest absolute Gasteiger partial charge is 0.392 e. The standard InChI is InChI=1S/C18H20ClN3O5/c1-8(23)13-11-12(16(25)22(15(11)24)6-7-27-2)18(21-13)9-4-3-5-10(19)14(9)20-17(18)26/h3-5,8,11-13,21,23H,6-7H2,1-2H3,(H,20,26)/t8-,11+,12+,13+,18-/m1/s1. The maximum Gasteiger partial charge on any atom is 0.250 e. The van der Waals surface area contributed by atoms with Gasteiger partial charge in [-0.25, -0.2) is 0 Å². The molecule has 1 aromatic carbocycles. The van der Waals surface area contributed by atoms with Crippen LogP contribution in [0.5, 0.6) is 0 Å². The Labute approximate surface area is 160 Å². The van der Waals surface area contributed by atoms with Gasteiger partial charge in [0.1, 0.15) is 5.54 Å². The van der Waals surface area contributed by atoms with E-state index in [1.165, 1.54) is 14.0 Å². The molecular weight excluding hydrogens is 374 g/mol. The third-order valence-corrected chi connectivity index (χ3v) is 6.08. The summed E-state index contributed by atoms with van der Waals surface area (Å²) in [7, 11) is 1.48. The number of carbonyl (C=O) groups excluding carboxylic acids is 3. The predicted octanol–water partition coefficient (Wildman–Crippen LogP) is 0.0876. The number of hydrogen-bond donors (Lipinski definition) is 3. The number of benzene rings is 1. The van der Waals surface area contributed by atoms with Gasteiger partial charge in [-0.15, -0.1) is 0 Å². The second kappa shape index (κ2) is 6.27. The monoisotopic (exact) mass is 393 g/mol. The average Bonchev–Trinajstić information content (AvgIpc) is 3.21. The molecule has 0 saturated carbocycles. The Kier molecular flexibility index (Phi) is 4.27. The van der Waals surface area contributed by atoms with E-state index in [4.69, 9.17) is 16.3 Å². The zero-order valence-electron chi connectivity index (χ0n) is 14.9. The number of hydrogen-bond acceptors (Lipinski definition) is 6. The summed E-state index contributed by atoms with van der Waals surface area (Å²) in [4.78, 5) is 40.4. The van der Waals surface area contributed by atoms with Crippen LogP contribution >= 0.6 is 11.6 Å². The molecule has 3 N–H and O–H groups in total. The molecule has 4 rings (SSSR count). The molecule has 2 saturated heterocycles. The molecule has 1 spiro atoms. The summed E-state index contributed by atoms with van der Waals surface area (Å²) in [5.41, 5.74) is -0.494. The first-order valence-electron chi connectivity index (χ1n) is 8.75. The number of amides is 3. The molecule has 3 aliphatic heterocycles. The number of nitrogens with zero attached hydrogens (tertiary/aromatic N) is 1. The number of rotatable bonds is 4. The molecule has 5 atom stereocenters. The molecule has 3 amide bonds. The van der Waals surface area contributed by atoms with E-state index in [9.17, 15) is 19.5 Å². The normalized spacial score (nSPS) is 32.8. The zero-order chi connectivity index (χ0) is 19.5. The highest BCUT2D eigenvalue weighted by Crippen LogP contribution is 2.54. The molecule has 1 aromatic rings. The highest BCUT2D eigenvalue weighted by molar-refractivity contribution is 6.35. The van der Waals surface area contributed by atoms with Crippen LogP contribution in [0.25, 0.3) is 0 Å². The Bertz CT molecular complexity index is 844. The number of imide groups is 1. The van der Waals surface area contributed by atoms with Gasteiger partial charge >= 0.3 is 0 Å². The summed E-state index contributed by atoms with van der Waals surface area (Å²) < 4.78 is 5.00. The predicted molar refractivity (Wildman–Crippen MR) is 95.9 cm³/mol. The number of likely N-dealkylation sites (tertiary alicyclic amines) is 1. The molecular formula is C18H20ClN3O5. The van der Waals surface area contributed by atoms with Gasteiger partial charge in [0.05, 0.1) is 41.8 Å². The van der Waals surface area contributed by atoms with Gasteiger partial charge in [0.15, 0.2) is 0 Å². The van der Waals surface area contributed by atoms with E-state index in [1.54, 1.807) is 18.2 Å². The number of anilines is 1. The number of carbonyl (C=O) groups is 3. The van der Waals surface area contributed by atoms with Crippen LogP contribution < -0.4 is 10.6 Å². The van der Waals surface area contributed by atoms with Crippen molar-refractivity contribution < 1.29 is 24.2 Å². The number of methoxy groups -OCH3 is 1. The Balaban J connectivity index is 1.87. The summed E-state index contributed by atoms with van der Waals surface area (Å²) >= 11 is 6.23. The van der Waals surface area contributed by atoms with E-state index < -0.39 is 47.2 Å². The minimum atomic E-state index is -1.44. The van der Waals surface area contributed by atoms with Gasteiger partial charge in [-0.2, -0.15) is 0 Å².